The molecule has 0 amide bonds. The molecule has 0 radical (unpaired) electrons. The Bertz CT molecular complexity index is 991. The van der Waals surface area contributed by atoms with Crippen LogP contribution in [0.15, 0.2) is 41.2 Å². The van der Waals surface area contributed by atoms with Gasteiger partial charge in [0.15, 0.2) is 0 Å². The summed E-state index contributed by atoms with van der Waals surface area (Å²) >= 11 is 0. The van der Waals surface area contributed by atoms with Crippen molar-refractivity contribution in [2.45, 2.75) is 26.4 Å². The zero-order valence-corrected chi connectivity index (χ0v) is 14.1. The van der Waals surface area contributed by atoms with Crippen molar-refractivity contribution in [3.8, 4) is 5.95 Å². The first kappa shape index (κ1) is 17.7. The molecule has 26 heavy (non-hydrogen) atoms. The molecule has 9 heteroatoms. The fraction of sp³-hybridized carbons (Fsp3) is 0.235. The Morgan fingerprint density at radius 3 is 2.69 bits per heavy atom. The molecule has 0 saturated heterocycles. The third-order valence-corrected chi connectivity index (χ3v) is 3.64. The molecular weight excluding hydrogens is 347 g/mol. The Labute approximate surface area is 146 Å². The second kappa shape index (κ2) is 6.66. The number of halogens is 3. The first-order valence-corrected chi connectivity index (χ1v) is 7.88. The molecule has 3 rings (SSSR count). The number of anilines is 2. The fourth-order valence-corrected chi connectivity index (χ4v) is 2.45. The summed E-state index contributed by atoms with van der Waals surface area (Å²) in [6.45, 7) is 3.59. The molecule has 2 N–H and O–H groups in total. The summed E-state index contributed by atoms with van der Waals surface area (Å²) < 4.78 is 40.0. The van der Waals surface area contributed by atoms with Gasteiger partial charge in [-0.25, -0.2) is 4.98 Å². The molecule has 0 aliphatic heterocycles. The summed E-state index contributed by atoms with van der Waals surface area (Å²) in [4.78, 5) is 18.7. The smallest absolute Gasteiger partial charge is 0.340 e. The largest absolute Gasteiger partial charge is 0.416 e. The Hall–Kier alpha value is -3.10. The molecule has 0 bridgehead atoms. The highest BCUT2D eigenvalue weighted by molar-refractivity contribution is 5.59. The van der Waals surface area contributed by atoms with Crippen LogP contribution in [0.5, 0.6) is 0 Å². The van der Waals surface area contributed by atoms with Crippen LogP contribution in [0.3, 0.4) is 0 Å². The lowest BCUT2D eigenvalue weighted by Crippen LogP contribution is -2.16. The molecule has 6 nitrogen and oxygen atoms in total. The van der Waals surface area contributed by atoms with Gasteiger partial charge < -0.3 is 5.32 Å². The number of benzene rings is 1. The van der Waals surface area contributed by atoms with Gasteiger partial charge in [-0.05, 0) is 31.5 Å². The van der Waals surface area contributed by atoms with Crippen molar-refractivity contribution in [3.63, 3.8) is 0 Å². The second-order valence-electron chi connectivity index (χ2n) is 5.70. The third kappa shape index (κ3) is 3.76. The number of aromatic nitrogens is 4. The average molecular weight is 363 g/mol. The number of rotatable bonds is 4. The van der Waals surface area contributed by atoms with E-state index in [0.29, 0.717) is 23.6 Å². The maximum Gasteiger partial charge on any atom is 0.416 e. The number of nitrogens with zero attached hydrogens (tertiary/aromatic N) is 3. The highest BCUT2D eigenvalue weighted by atomic mass is 19.4. The van der Waals surface area contributed by atoms with Crippen LogP contribution in [0.2, 0.25) is 0 Å². The fourth-order valence-electron chi connectivity index (χ4n) is 2.45. The maximum absolute atomic E-state index is 12.9. The van der Waals surface area contributed by atoms with E-state index in [0.717, 1.165) is 12.1 Å². The molecule has 3 aromatic rings. The van der Waals surface area contributed by atoms with Gasteiger partial charge in [0.25, 0.3) is 5.56 Å². The first-order chi connectivity index (χ1) is 12.3. The van der Waals surface area contributed by atoms with Gasteiger partial charge in [-0.1, -0.05) is 13.0 Å². The minimum Gasteiger partial charge on any atom is -0.340 e. The third-order valence-electron chi connectivity index (χ3n) is 3.64. The predicted molar refractivity (Wildman–Crippen MR) is 90.8 cm³/mol. The van der Waals surface area contributed by atoms with Crippen LogP contribution in [-0.4, -0.2) is 19.7 Å². The lowest BCUT2D eigenvalue weighted by Gasteiger charge is -2.12. The van der Waals surface area contributed by atoms with Crippen LogP contribution in [0.1, 0.15) is 23.9 Å². The van der Waals surface area contributed by atoms with Gasteiger partial charge in [0.2, 0.25) is 5.95 Å². The van der Waals surface area contributed by atoms with Crippen molar-refractivity contribution >= 4 is 11.5 Å². The number of alkyl halides is 3. The maximum atomic E-state index is 12.9. The second-order valence-corrected chi connectivity index (χ2v) is 5.70. The summed E-state index contributed by atoms with van der Waals surface area (Å²) in [5.41, 5.74) is 0.357. The number of hydrogen-bond acceptors (Lipinski definition) is 4. The molecular formula is C17H16F3N5O. The summed E-state index contributed by atoms with van der Waals surface area (Å²) in [6.07, 6.45) is -3.87. The minimum atomic E-state index is -4.43. The van der Waals surface area contributed by atoms with Crippen molar-refractivity contribution in [1.29, 1.82) is 0 Å². The van der Waals surface area contributed by atoms with Crippen LogP contribution < -0.4 is 10.9 Å². The van der Waals surface area contributed by atoms with E-state index >= 15 is 0 Å². The predicted octanol–water partition coefficient (Wildman–Crippen LogP) is 3.59. The normalized spacial score (nSPS) is 11.6. The lowest BCUT2D eigenvalue weighted by molar-refractivity contribution is -0.137. The highest BCUT2D eigenvalue weighted by Gasteiger charge is 2.30. The van der Waals surface area contributed by atoms with E-state index in [-0.39, 0.29) is 17.2 Å². The monoisotopic (exact) mass is 363 g/mol. The van der Waals surface area contributed by atoms with Crippen molar-refractivity contribution in [1.82, 2.24) is 19.7 Å². The van der Waals surface area contributed by atoms with Gasteiger partial charge in [-0.2, -0.15) is 23.0 Å². The quantitative estimate of drug-likeness (QED) is 0.743. The molecule has 0 saturated carbocycles. The van der Waals surface area contributed by atoms with Crippen molar-refractivity contribution < 1.29 is 13.2 Å². The topological polar surface area (TPSA) is 75.6 Å². The molecule has 136 valence electrons. The van der Waals surface area contributed by atoms with Crippen LogP contribution >= 0.6 is 0 Å². The van der Waals surface area contributed by atoms with Gasteiger partial charge >= 0.3 is 6.18 Å². The van der Waals surface area contributed by atoms with Crippen molar-refractivity contribution in [3.05, 3.63) is 63.7 Å². The summed E-state index contributed by atoms with van der Waals surface area (Å²) in [5, 5.41) is 7.16. The van der Waals surface area contributed by atoms with Gasteiger partial charge in [0.05, 0.1) is 11.3 Å². The number of hydrogen-bond donors (Lipinski definition) is 2. The molecule has 0 aliphatic rings. The Morgan fingerprint density at radius 1 is 1.23 bits per heavy atom. The van der Waals surface area contributed by atoms with Crippen LogP contribution in [0.4, 0.5) is 24.7 Å². The Morgan fingerprint density at radius 2 is 2.00 bits per heavy atom. The minimum absolute atomic E-state index is 0.192. The Kier molecular flexibility index (Phi) is 4.54. The highest BCUT2D eigenvalue weighted by Crippen LogP contribution is 2.31. The number of aromatic amines is 1. The molecule has 0 atom stereocenters. The molecule has 2 aromatic heterocycles. The molecule has 1 aromatic carbocycles. The standard InChI is InChI=1S/C17H16F3N5O/c1-3-12-9-15(26)23-16(22-12)25-14(7-10(2)24-25)21-13-6-4-5-11(8-13)17(18,19)20/h4-9,21H,3H2,1-2H3,(H,22,23,26). The van der Waals surface area contributed by atoms with Gasteiger partial charge in [0, 0.05) is 23.5 Å². The van der Waals surface area contributed by atoms with Crippen molar-refractivity contribution in [2.24, 2.45) is 0 Å². The summed E-state index contributed by atoms with van der Waals surface area (Å²) in [7, 11) is 0. The van der Waals surface area contributed by atoms with Gasteiger partial charge in [0.1, 0.15) is 5.82 Å². The number of H-pyrrole nitrogens is 1. The van der Waals surface area contributed by atoms with Gasteiger partial charge in [-0.15, -0.1) is 0 Å². The zero-order valence-electron chi connectivity index (χ0n) is 14.1. The average Bonchev–Trinajstić information content (AvgIpc) is 2.94. The molecule has 2 heterocycles. The summed E-state index contributed by atoms with van der Waals surface area (Å²) in [5.74, 6) is 0.579. The van der Waals surface area contributed by atoms with E-state index in [1.54, 1.807) is 13.0 Å². The first-order valence-electron chi connectivity index (χ1n) is 7.88. The van der Waals surface area contributed by atoms with Gasteiger partial charge in [-0.3, -0.25) is 9.78 Å². The van der Waals surface area contributed by atoms with Crippen LogP contribution in [0, 0.1) is 6.92 Å². The van der Waals surface area contributed by atoms with Crippen molar-refractivity contribution in [2.75, 3.05) is 5.32 Å². The van der Waals surface area contributed by atoms with Crippen LogP contribution in [0.25, 0.3) is 5.95 Å². The van der Waals surface area contributed by atoms with E-state index in [2.05, 4.69) is 20.4 Å². The Balaban J connectivity index is 2.01. The van der Waals surface area contributed by atoms with E-state index in [9.17, 15) is 18.0 Å². The molecule has 0 aliphatic carbocycles. The van der Waals surface area contributed by atoms with E-state index < -0.39 is 11.7 Å². The van der Waals surface area contributed by atoms with E-state index in [4.69, 9.17) is 0 Å². The number of nitrogens with one attached hydrogen (secondary N) is 2. The SMILES string of the molecule is CCc1cc(=O)[nH]c(-n2nc(C)cc2Nc2cccc(C(F)(F)F)c2)n1. The molecule has 0 spiro atoms. The van der Waals surface area contributed by atoms with Crippen LogP contribution in [-0.2, 0) is 12.6 Å². The number of aryl methyl sites for hydroxylation is 2. The van der Waals surface area contributed by atoms with E-state index in [1.165, 1.54) is 22.9 Å². The molecule has 0 fully saturated rings. The van der Waals surface area contributed by atoms with E-state index in [1.807, 2.05) is 6.92 Å². The zero-order chi connectivity index (χ0) is 18.9. The summed E-state index contributed by atoms with van der Waals surface area (Å²) in [6, 6.07) is 7.87. The lowest BCUT2D eigenvalue weighted by atomic mass is 10.2. The molecule has 0 unspecified atom stereocenters.